The van der Waals surface area contributed by atoms with Crippen LogP contribution in [0, 0.1) is 13.8 Å². The van der Waals surface area contributed by atoms with E-state index in [9.17, 15) is 18.0 Å². The highest BCUT2D eigenvalue weighted by Gasteiger charge is 2.30. The van der Waals surface area contributed by atoms with Gasteiger partial charge in [0.2, 0.25) is 10.0 Å². The number of benzene rings is 1. The zero-order valence-electron chi connectivity index (χ0n) is 20.6. The minimum absolute atomic E-state index is 0.0458. The highest BCUT2D eigenvalue weighted by atomic mass is 32.2. The van der Waals surface area contributed by atoms with Crippen LogP contribution in [-0.2, 0) is 22.6 Å². The zero-order chi connectivity index (χ0) is 25.0. The van der Waals surface area contributed by atoms with Crippen molar-refractivity contribution in [2.24, 2.45) is 7.05 Å². The Morgan fingerprint density at radius 1 is 1.06 bits per heavy atom. The third kappa shape index (κ3) is 4.25. The van der Waals surface area contributed by atoms with Crippen molar-refractivity contribution in [2.75, 3.05) is 32.7 Å². The molecule has 0 amide bonds. The normalized spacial score (nSPS) is 16.4. The van der Waals surface area contributed by atoms with Gasteiger partial charge in [0.1, 0.15) is 0 Å². The van der Waals surface area contributed by atoms with Crippen LogP contribution in [0.4, 0.5) is 0 Å². The Bertz CT molecular complexity index is 1410. The topological polar surface area (TPSA) is 97.8 Å². The lowest BCUT2D eigenvalue weighted by Crippen LogP contribution is -2.49. The molecule has 1 aliphatic heterocycles. The molecule has 1 aromatic carbocycles. The van der Waals surface area contributed by atoms with Crippen molar-refractivity contribution in [3.63, 3.8) is 0 Å². The standard InChI is InChI=1S/C24H32N4O5S/c1-16-13-19(17(2)28(16)24(3,4)5)21(29)15-26-9-11-27(12-10-26)34(31,32)18-7-8-20-22(14-18)33-23(30)25(20)6/h7-8,13-14H,9-12,15H2,1-6H3. The van der Waals surface area contributed by atoms with E-state index in [-0.39, 0.29) is 41.4 Å². The first-order valence-corrected chi connectivity index (χ1v) is 12.8. The maximum Gasteiger partial charge on any atom is 0.419 e. The van der Waals surface area contributed by atoms with E-state index in [1.807, 2.05) is 24.8 Å². The number of ketones is 1. The number of oxazole rings is 1. The molecule has 34 heavy (non-hydrogen) atoms. The number of carbonyl (C=O) groups excluding carboxylic acids is 1. The van der Waals surface area contributed by atoms with Gasteiger partial charge < -0.3 is 8.98 Å². The van der Waals surface area contributed by atoms with Crippen LogP contribution in [0.1, 0.15) is 42.5 Å². The summed E-state index contributed by atoms with van der Waals surface area (Å²) in [4.78, 5) is 26.9. The number of Topliss-reactive ketones (excluding diaryl/α,β-unsaturated/α-hetero) is 1. The number of aryl methyl sites for hydroxylation is 2. The second-order valence-corrected chi connectivity index (χ2v) is 11.9. The smallest absolute Gasteiger partial charge is 0.408 e. The Hall–Kier alpha value is -2.69. The van der Waals surface area contributed by atoms with Gasteiger partial charge in [0.15, 0.2) is 11.4 Å². The van der Waals surface area contributed by atoms with Crippen LogP contribution < -0.4 is 5.76 Å². The number of carbonyl (C=O) groups is 1. The molecule has 0 radical (unpaired) electrons. The Morgan fingerprint density at radius 3 is 2.29 bits per heavy atom. The molecule has 9 nitrogen and oxygen atoms in total. The zero-order valence-corrected chi connectivity index (χ0v) is 21.4. The van der Waals surface area contributed by atoms with E-state index in [2.05, 4.69) is 25.3 Å². The lowest BCUT2D eigenvalue weighted by atomic mass is 10.1. The van der Waals surface area contributed by atoms with E-state index in [4.69, 9.17) is 4.42 Å². The number of piperazine rings is 1. The number of aromatic nitrogens is 2. The van der Waals surface area contributed by atoms with Gasteiger partial charge in [-0.3, -0.25) is 14.3 Å². The first kappa shape index (κ1) is 24.4. The maximum atomic E-state index is 13.2. The molecule has 0 saturated carbocycles. The second-order valence-electron chi connectivity index (χ2n) is 9.95. The largest absolute Gasteiger partial charge is 0.419 e. The van der Waals surface area contributed by atoms with Gasteiger partial charge in [0.05, 0.1) is 17.0 Å². The summed E-state index contributed by atoms with van der Waals surface area (Å²) in [5.41, 5.74) is 3.40. The Balaban J connectivity index is 1.44. The van der Waals surface area contributed by atoms with Gasteiger partial charge in [0.25, 0.3) is 0 Å². The van der Waals surface area contributed by atoms with Crippen LogP contribution in [0.2, 0.25) is 0 Å². The Kier molecular flexibility index (Phi) is 6.12. The molecule has 3 heterocycles. The summed E-state index contributed by atoms with van der Waals surface area (Å²) in [7, 11) is -2.17. The summed E-state index contributed by atoms with van der Waals surface area (Å²) in [6, 6.07) is 6.41. The molecular weight excluding hydrogens is 456 g/mol. The number of fused-ring (bicyclic) bond motifs is 1. The second kappa shape index (κ2) is 8.51. The van der Waals surface area contributed by atoms with Crippen LogP contribution in [0.3, 0.4) is 0 Å². The van der Waals surface area contributed by atoms with Gasteiger partial charge in [-0.25, -0.2) is 13.2 Å². The molecule has 10 heteroatoms. The summed E-state index contributed by atoms with van der Waals surface area (Å²) in [6.07, 6.45) is 0. The summed E-state index contributed by atoms with van der Waals surface area (Å²) in [5.74, 6) is -0.490. The van der Waals surface area contributed by atoms with Gasteiger partial charge in [-0.15, -0.1) is 0 Å². The molecule has 0 bridgehead atoms. The molecule has 2 aromatic heterocycles. The van der Waals surface area contributed by atoms with Crippen molar-refractivity contribution in [3.05, 3.63) is 51.8 Å². The minimum Gasteiger partial charge on any atom is -0.408 e. The number of rotatable bonds is 5. The van der Waals surface area contributed by atoms with Crippen LogP contribution in [0.25, 0.3) is 11.1 Å². The lowest BCUT2D eigenvalue weighted by Gasteiger charge is -2.33. The van der Waals surface area contributed by atoms with E-state index in [0.717, 1.165) is 17.0 Å². The van der Waals surface area contributed by atoms with Crippen molar-refractivity contribution in [3.8, 4) is 0 Å². The molecule has 0 atom stereocenters. The fraction of sp³-hybridized carbons (Fsp3) is 0.500. The monoisotopic (exact) mass is 488 g/mol. The Labute approximate surface area is 199 Å². The third-order valence-corrected chi connectivity index (χ3v) is 8.40. The number of nitrogens with zero attached hydrogens (tertiary/aromatic N) is 4. The van der Waals surface area contributed by atoms with E-state index in [0.29, 0.717) is 18.6 Å². The van der Waals surface area contributed by atoms with E-state index in [1.165, 1.54) is 21.0 Å². The van der Waals surface area contributed by atoms with Crippen LogP contribution in [0.15, 0.2) is 38.4 Å². The molecule has 1 aliphatic rings. The third-order valence-electron chi connectivity index (χ3n) is 6.50. The lowest BCUT2D eigenvalue weighted by molar-refractivity contribution is 0.0901. The van der Waals surface area contributed by atoms with Crippen molar-refractivity contribution in [2.45, 2.75) is 45.1 Å². The van der Waals surface area contributed by atoms with E-state index in [1.54, 1.807) is 13.1 Å². The number of sulfonamides is 1. The van der Waals surface area contributed by atoms with Gasteiger partial charge in [-0.1, -0.05) is 0 Å². The minimum atomic E-state index is -3.74. The predicted octanol–water partition coefficient (Wildman–Crippen LogP) is 2.49. The SMILES string of the molecule is Cc1cc(C(=O)CN2CCN(S(=O)(=O)c3ccc4c(c3)oc(=O)n4C)CC2)c(C)n1C(C)(C)C. The molecule has 0 N–H and O–H groups in total. The molecule has 0 aliphatic carbocycles. The fourth-order valence-electron chi connectivity index (χ4n) is 4.92. The molecular formula is C24H32N4O5S. The van der Waals surface area contributed by atoms with Gasteiger partial charge in [-0.2, -0.15) is 4.31 Å². The highest BCUT2D eigenvalue weighted by Crippen LogP contribution is 2.26. The fourth-order valence-corrected chi connectivity index (χ4v) is 6.36. The van der Waals surface area contributed by atoms with Gasteiger partial charge in [0, 0.05) is 61.8 Å². The van der Waals surface area contributed by atoms with E-state index < -0.39 is 15.8 Å². The van der Waals surface area contributed by atoms with E-state index >= 15 is 0 Å². The average Bonchev–Trinajstić information content (AvgIpc) is 3.22. The van der Waals surface area contributed by atoms with Crippen molar-refractivity contribution >= 4 is 26.9 Å². The molecule has 184 valence electrons. The quantitative estimate of drug-likeness (QED) is 0.512. The van der Waals surface area contributed by atoms with Crippen molar-refractivity contribution < 1.29 is 17.6 Å². The molecule has 3 aromatic rings. The first-order valence-electron chi connectivity index (χ1n) is 11.4. The van der Waals surface area contributed by atoms with Crippen LogP contribution in [0.5, 0.6) is 0 Å². The van der Waals surface area contributed by atoms with Gasteiger partial charge >= 0.3 is 5.76 Å². The number of hydrogen-bond donors (Lipinski definition) is 0. The number of hydrogen-bond acceptors (Lipinski definition) is 6. The summed E-state index contributed by atoms with van der Waals surface area (Å²) < 4.78 is 36.4. The summed E-state index contributed by atoms with van der Waals surface area (Å²) in [6.45, 7) is 12.1. The predicted molar refractivity (Wildman–Crippen MR) is 130 cm³/mol. The Morgan fingerprint density at radius 2 is 1.71 bits per heavy atom. The molecule has 0 spiro atoms. The first-order chi connectivity index (χ1) is 15.8. The van der Waals surface area contributed by atoms with Crippen molar-refractivity contribution in [1.82, 2.24) is 18.3 Å². The van der Waals surface area contributed by atoms with Crippen molar-refractivity contribution in [1.29, 1.82) is 0 Å². The average molecular weight is 489 g/mol. The maximum absolute atomic E-state index is 13.2. The molecule has 4 rings (SSSR count). The molecule has 0 unspecified atom stereocenters. The van der Waals surface area contributed by atoms with Gasteiger partial charge in [-0.05, 0) is 52.8 Å². The highest BCUT2D eigenvalue weighted by molar-refractivity contribution is 7.89. The molecule has 1 fully saturated rings. The van der Waals surface area contributed by atoms with Crippen LogP contribution in [-0.4, -0.2) is 65.3 Å². The van der Waals surface area contributed by atoms with Crippen LogP contribution >= 0.6 is 0 Å². The summed E-state index contributed by atoms with van der Waals surface area (Å²) in [5, 5.41) is 0. The summed E-state index contributed by atoms with van der Waals surface area (Å²) >= 11 is 0. The molecule has 1 saturated heterocycles.